The van der Waals surface area contributed by atoms with Crippen LogP contribution in [0.15, 0.2) is 30.8 Å². The maximum atomic E-state index is 10.3. The third-order valence-electron chi connectivity index (χ3n) is 1.38. The van der Waals surface area contributed by atoms with Crippen molar-refractivity contribution in [2.75, 3.05) is 0 Å². The molecule has 0 aromatic heterocycles. The van der Waals surface area contributed by atoms with Gasteiger partial charge in [0.25, 0.3) is 0 Å². The third kappa shape index (κ3) is 5.06. The number of hydrogen-bond donors (Lipinski definition) is 2. The number of rotatable bonds is 2. The van der Waals surface area contributed by atoms with Crippen LogP contribution in [0.5, 0.6) is 0 Å². The van der Waals surface area contributed by atoms with Crippen LogP contribution in [0.3, 0.4) is 0 Å². The minimum Gasteiger partial charge on any atom is -0.521 e. The van der Waals surface area contributed by atoms with Gasteiger partial charge in [0, 0.05) is 0 Å². The van der Waals surface area contributed by atoms with Gasteiger partial charge in [-0.05, 0) is 24.3 Å². The molecule has 0 radical (unpaired) electrons. The molecular weight excluding hydrogens is 191 g/mol. The summed E-state index contributed by atoms with van der Waals surface area (Å²) in [5.74, 6) is -2.13. The van der Waals surface area contributed by atoms with E-state index >= 15 is 0 Å². The first-order chi connectivity index (χ1) is 6.61. The van der Waals surface area contributed by atoms with Crippen LogP contribution >= 0.6 is 0 Å². The number of carboxylic acids is 2. The fourth-order valence-electron chi connectivity index (χ4n) is 0.755. The van der Waals surface area contributed by atoms with Crippen molar-refractivity contribution in [3.63, 3.8) is 0 Å². The molecule has 0 heterocycles. The van der Waals surface area contributed by atoms with Gasteiger partial charge >= 0.3 is 30.8 Å². The molecule has 0 aliphatic carbocycles. The van der Waals surface area contributed by atoms with Gasteiger partial charge in [0.2, 0.25) is 0 Å². The average molecular weight is 200 g/mol. The van der Waals surface area contributed by atoms with Crippen LogP contribution in [0, 0.1) is 6.58 Å². The van der Waals surface area contributed by atoms with E-state index in [-0.39, 0.29) is 30.0 Å². The van der Waals surface area contributed by atoms with E-state index in [1.807, 2.05) is 0 Å². The molecule has 0 amide bonds. The molecule has 4 nitrogen and oxygen atoms in total. The zero-order valence-electron chi connectivity index (χ0n) is 8.30. The van der Waals surface area contributed by atoms with Crippen molar-refractivity contribution in [2.45, 2.75) is 0 Å². The predicted molar refractivity (Wildman–Crippen MR) is 50.3 cm³/mol. The molecule has 0 fully saturated rings. The average Bonchev–Trinajstić information content (AvgIpc) is 2.21. The quantitative estimate of drug-likeness (QED) is 0.459. The molecule has 0 saturated heterocycles. The van der Waals surface area contributed by atoms with E-state index in [4.69, 9.17) is 10.2 Å². The first-order valence-electron chi connectivity index (χ1n) is 3.59. The van der Waals surface area contributed by atoms with Gasteiger partial charge in [-0.3, -0.25) is 6.58 Å². The van der Waals surface area contributed by atoms with E-state index in [9.17, 15) is 9.59 Å². The summed E-state index contributed by atoms with van der Waals surface area (Å²) in [6, 6.07) is 5.02. The molecule has 0 spiro atoms. The van der Waals surface area contributed by atoms with Crippen molar-refractivity contribution in [3.05, 3.63) is 48.6 Å². The van der Waals surface area contributed by atoms with E-state index in [0.717, 1.165) is 0 Å². The monoisotopic (exact) mass is 200 g/mol. The Hall–Kier alpha value is -1.50. The summed E-state index contributed by atoms with van der Waals surface area (Å²) in [5.41, 5.74) is 0.167. The van der Waals surface area contributed by atoms with Gasteiger partial charge in [0.05, 0.1) is 11.1 Å². The molecule has 1 rings (SSSR count). The van der Waals surface area contributed by atoms with Gasteiger partial charge in [-0.2, -0.15) is 0 Å². The Morgan fingerprint density at radius 2 is 1.13 bits per heavy atom. The minimum absolute atomic E-state index is 0. The van der Waals surface area contributed by atoms with Gasteiger partial charge in [-0.1, -0.05) is 0 Å². The summed E-state index contributed by atoms with van der Waals surface area (Å²) in [5, 5.41) is 16.9. The zero-order chi connectivity index (χ0) is 11.1. The summed E-state index contributed by atoms with van der Waals surface area (Å²) in [6.07, 6.45) is 0. The number of aromatic carboxylic acids is 2. The standard InChI is InChI=1S/C8H6O4.C2H3.Li/c9-7(10)5-1-2-6(4-3-5)8(11)12;1-2;/h1-4H,(H,9,10)(H,11,12);1H,2H2;/q;-1;+1. The fraction of sp³-hybridized carbons (Fsp3) is 0. The second kappa shape index (κ2) is 7.86. The molecule has 0 atom stereocenters. The van der Waals surface area contributed by atoms with Crippen LogP contribution < -0.4 is 18.9 Å². The van der Waals surface area contributed by atoms with Crippen molar-refractivity contribution < 1.29 is 38.7 Å². The SMILES string of the molecule is O=C(O)c1ccc(C(=O)O)cc1.[CH-]=C.[Li+]. The number of carbonyl (C=O) groups is 2. The normalized spacial score (nSPS) is 7.73. The zero-order valence-corrected chi connectivity index (χ0v) is 8.30. The Labute approximate surface area is 99.4 Å². The van der Waals surface area contributed by atoms with Crippen LogP contribution in [-0.4, -0.2) is 22.2 Å². The minimum atomic E-state index is -1.06. The number of carboxylic acid groups (broad SMARTS) is 2. The Morgan fingerprint density at radius 1 is 0.933 bits per heavy atom. The summed E-state index contributed by atoms with van der Waals surface area (Å²) in [7, 11) is 0. The maximum Gasteiger partial charge on any atom is 1.00 e. The summed E-state index contributed by atoms with van der Waals surface area (Å²) in [6.45, 7) is 7.00. The van der Waals surface area contributed by atoms with E-state index in [1.165, 1.54) is 24.3 Å². The summed E-state index contributed by atoms with van der Waals surface area (Å²) in [4.78, 5) is 20.7. The summed E-state index contributed by atoms with van der Waals surface area (Å²) < 4.78 is 0. The smallest absolute Gasteiger partial charge is 0.521 e. The molecular formula is C10H9LiO4. The Bertz CT molecular complexity index is 299. The fourth-order valence-corrected chi connectivity index (χ4v) is 0.755. The Kier molecular flexibility index (Phi) is 8.36. The van der Waals surface area contributed by atoms with Crippen LogP contribution in [0.1, 0.15) is 20.7 Å². The van der Waals surface area contributed by atoms with Crippen LogP contribution in [0.2, 0.25) is 0 Å². The molecule has 74 valence electrons. The van der Waals surface area contributed by atoms with Crippen LogP contribution in [-0.2, 0) is 0 Å². The third-order valence-corrected chi connectivity index (χ3v) is 1.38. The van der Waals surface area contributed by atoms with Gasteiger partial charge in [-0.25, -0.2) is 9.59 Å². The maximum absolute atomic E-state index is 10.3. The first-order valence-corrected chi connectivity index (χ1v) is 3.59. The van der Waals surface area contributed by atoms with E-state index < -0.39 is 11.9 Å². The van der Waals surface area contributed by atoms with Crippen molar-refractivity contribution in [1.82, 2.24) is 0 Å². The molecule has 5 heteroatoms. The van der Waals surface area contributed by atoms with Crippen LogP contribution in [0.25, 0.3) is 0 Å². The first kappa shape index (κ1) is 15.9. The van der Waals surface area contributed by atoms with Crippen molar-refractivity contribution in [2.24, 2.45) is 0 Å². The largest absolute Gasteiger partial charge is 1.00 e. The van der Waals surface area contributed by atoms with Gasteiger partial charge in [0.15, 0.2) is 0 Å². The topological polar surface area (TPSA) is 74.6 Å². The second-order valence-corrected chi connectivity index (χ2v) is 2.19. The number of benzene rings is 1. The molecule has 0 unspecified atom stereocenters. The molecule has 1 aromatic rings. The van der Waals surface area contributed by atoms with Crippen molar-refractivity contribution in [1.29, 1.82) is 0 Å². The van der Waals surface area contributed by atoms with Crippen LogP contribution in [0.4, 0.5) is 0 Å². The van der Waals surface area contributed by atoms with Gasteiger partial charge in [-0.15, -0.1) is 0 Å². The van der Waals surface area contributed by atoms with E-state index in [2.05, 4.69) is 13.2 Å². The predicted octanol–water partition coefficient (Wildman–Crippen LogP) is -1.31. The molecule has 0 bridgehead atoms. The van der Waals surface area contributed by atoms with E-state index in [0.29, 0.717) is 0 Å². The molecule has 0 aliphatic rings. The molecule has 1 aromatic carbocycles. The molecule has 2 N–H and O–H groups in total. The number of hydrogen-bond acceptors (Lipinski definition) is 2. The Balaban J connectivity index is 0. The summed E-state index contributed by atoms with van der Waals surface area (Å²) >= 11 is 0. The molecule has 0 saturated carbocycles. The molecule has 0 aliphatic heterocycles. The molecule has 15 heavy (non-hydrogen) atoms. The Morgan fingerprint density at radius 3 is 1.27 bits per heavy atom. The van der Waals surface area contributed by atoms with Crippen molar-refractivity contribution >= 4 is 11.9 Å². The van der Waals surface area contributed by atoms with Gasteiger partial charge < -0.3 is 16.8 Å². The second-order valence-electron chi connectivity index (χ2n) is 2.19. The van der Waals surface area contributed by atoms with Gasteiger partial charge in [0.1, 0.15) is 0 Å². The van der Waals surface area contributed by atoms with E-state index in [1.54, 1.807) is 0 Å². The van der Waals surface area contributed by atoms with Crippen molar-refractivity contribution in [3.8, 4) is 0 Å².